The number of Topliss-reactive ketones (excluding diaryl/α,β-unsaturated/α-hetero) is 1. The first kappa shape index (κ1) is 18.9. The third-order valence-corrected chi connectivity index (χ3v) is 4.79. The standard InChI is InChI=1S/C18H20N4O2S/c1-3-4-9-22-17(24)13-7-5-6-8-15(13)21-18(22)25-11-16(23)14(10-19)12(2)20/h5-8,14,20H,3-4,9,11H2,1-2H3/t14-/m1/s1. The highest BCUT2D eigenvalue weighted by Gasteiger charge is 2.21. The molecule has 0 amide bonds. The zero-order valence-corrected chi connectivity index (χ0v) is 15.1. The van der Waals surface area contributed by atoms with Gasteiger partial charge in [0.1, 0.15) is 5.92 Å². The van der Waals surface area contributed by atoms with Crippen molar-refractivity contribution in [2.24, 2.45) is 5.92 Å². The summed E-state index contributed by atoms with van der Waals surface area (Å²) >= 11 is 1.15. The highest BCUT2D eigenvalue weighted by atomic mass is 32.2. The fourth-order valence-electron chi connectivity index (χ4n) is 2.40. The molecule has 0 unspecified atom stereocenters. The summed E-state index contributed by atoms with van der Waals surface area (Å²) in [5.74, 6) is -1.38. The molecule has 0 aliphatic heterocycles. The first-order valence-corrected chi connectivity index (χ1v) is 9.07. The Labute approximate surface area is 150 Å². The van der Waals surface area contributed by atoms with Crippen LogP contribution >= 0.6 is 11.8 Å². The topological polar surface area (TPSA) is 99.6 Å². The van der Waals surface area contributed by atoms with Crippen molar-refractivity contribution in [3.8, 4) is 6.07 Å². The van der Waals surface area contributed by atoms with E-state index in [0.29, 0.717) is 22.6 Å². The van der Waals surface area contributed by atoms with Gasteiger partial charge in [0.05, 0.1) is 22.7 Å². The lowest BCUT2D eigenvalue weighted by atomic mass is 10.0. The second-order valence-corrected chi connectivity index (χ2v) is 6.66. The van der Waals surface area contributed by atoms with Crippen LogP contribution in [0.2, 0.25) is 0 Å². The summed E-state index contributed by atoms with van der Waals surface area (Å²) < 4.78 is 1.60. The lowest BCUT2D eigenvalue weighted by molar-refractivity contribution is -0.117. The second-order valence-electron chi connectivity index (χ2n) is 5.72. The average Bonchev–Trinajstić information content (AvgIpc) is 2.59. The largest absolute Gasteiger partial charge is 0.308 e. The number of hydrogen-bond acceptors (Lipinski definition) is 6. The van der Waals surface area contributed by atoms with E-state index in [1.165, 1.54) is 6.92 Å². The molecule has 0 fully saturated rings. The number of nitrogens with one attached hydrogen (secondary N) is 1. The smallest absolute Gasteiger partial charge is 0.262 e. The average molecular weight is 356 g/mol. The molecule has 0 radical (unpaired) electrons. The molecule has 1 aromatic carbocycles. The fraction of sp³-hybridized carbons (Fsp3) is 0.389. The number of unbranched alkanes of at least 4 members (excludes halogenated alkanes) is 1. The van der Waals surface area contributed by atoms with Crippen molar-refractivity contribution in [1.82, 2.24) is 9.55 Å². The maximum absolute atomic E-state index is 12.7. The predicted molar refractivity (Wildman–Crippen MR) is 99.1 cm³/mol. The zero-order valence-electron chi connectivity index (χ0n) is 14.3. The molecule has 6 nitrogen and oxygen atoms in total. The van der Waals surface area contributed by atoms with Crippen molar-refractivity contribution in [1.29, 1.82) is 10.7 Å². The Hall–Kier alpha value is -2.46. The van der Waals surface area contributed by atoms with Crippen LogP contribution in [0, 0.1) is 22.7 Å². The summed E-state index contributed by atoms with van der Waals surface area (Å²) in [6, 6.07) is 8.98. The van der Waals surface area contributed by atoms with Crippen LogP contribution in [-0.4, -0.2) is 26.8 Å². The van der Waals surface area contributed by atoms with E-state index in [2.05, 4.69) is 4.98 Å². The minimum Gasteiger partial charge on any atom is -0.308 e. The van der Waals surface area contributed by atoms with E-state index >= 15 is 0 Å². The lowest BCUT2D eigenvalue weighted by Crippen LogP contribution is -2.25. The van der Waals surface area contributed by atoms with Crippen LogP contribution < -0.4 is 5.56 Å². The Balaban J connectivity index is 2.35. The van der Waals surface area contributed by atoms with Crippen molar-refractivity contribution >= 4 is 34.2 Å². The number of benzene rings is 1. The van der Waals surface area contributed by atoms with Crippen molar-refractivity contribution in [3.05, 3.63) is 34.6 Å². The molecule has 0 saturated heterocycles. The van der Waals surface area contributed by atoms with Gasteiger partial charge >= 0.3 is 0 Å². The molecule has 1 atom stereocenters. The minimum absolute atomic E-state index is 0.00531. The third-order valence-electron chi connectivity index (χ3n) is 3.79. The third kappa shape index (κ3) is 4.34. The summed E-state index contributed by atoms with van der Waals surface area (Å²) in [4.78, 5) is 29.4. The number of para-hydroxylation sites is 1. The van der Waals surface area contributed by atoms with Gasteiger partial charge in [-0.2, -0.15) is 5.26 Å². The maximum atomic E-state index is 12.7. The maximum Gasteiger partial charge on any atom is 0.262 e. The Morgan fingerprint density at radius 2 is 2.16 bits per heavy atom. The molecule has 0 aliphatic rings. The van der Waals surface area contributed by atoms with Gasteiger partial charge in [-0.1, -0.05) is 37.2 Å². The Morgan fingerprint density at radius 1 is 1.44 bits per heavy atom. The number of aromatic nitrogens is 2. The molecule has 7 heteroatoms. The molecule has 130 valence electrons. The van der Waals surface area contributed by atoms with Crippen molar-refractivity contribution < 1.29 is 4.79 Å². The zero-order chi connectivity index (χ0) is 18.4. The van der Waals surface area contributed by atoms with Crippen LogP contribution in [0.4, 0.5) is 0 Å². The lowest BCUT2D eigenvalue weighted by Gasteiger charge is -2.13. The molecule has 2 rings (SSSR count). The van der Waals surface area contributed by atoms with E-state index in [1.807, 2.05) is 19.1 Å². The molecule has 0 spiro atoms. The van der Waals surface area contributed by atoms with E-state index in [9.17, 15) is 9.59 Å². The molecule has 0 bridgehead atoms. The molecule has 1 aromatic heterocycles. The highest BCUT2D eigenvalue weighted by Crippen LogP contribution is 2.19. The number of fused-ring (bicyclic) bond motifs is 1. The van der Waals surface area contributed by atoms with E-state index in [4.69, 9.17) is 10.7 Å². The first-order valence-electron chi connectivity index (χ1n) is 8.09. The number of rotatable bonds is 8. The van der Waals surface area contributed by atoms with Gasteiger partial charge in [-0.15, -0.1) is 0 Å². The number of nitrogens with zero attached hydrogens (tertiary/aromatic N) is 3. The highest BCUT2D eigenvalue weighted by molar-refractivity contribution is 7.99. The van der Waals surface area contributed by atoms with Crippen LogP contribution in [0.15, 0.2) is 34.2 Å². The summed E-state index contributed by atoms with van der Waals surface area (Å²) in [7, 11) is 0. The van der Waals surface area contributed by atoms with E-state index in [0.717, 1.165) is 24.6 Å². The van der Waals surface area contributed by atoms with Crippen LogP contribution in [-0.2, 0) is 11.3 Å². The van der Waals surface area contributed by atoms with Crippen molar-refractivity contribution in [3.63, 3.8) is 0 Å². The Morgan fingerprint density at radius 3 is 2.80 bits per heavy atom. The SMILES string of the molecule is CCCCn1c(SCC(=O)[C@H](C#N)C(C)=N)nc2ccccc2c1=O. The number of carbonyl (C=O) groups excluding carboxylic acids is 1. The van der Waals surface area contributed by atoms with Crippen LogP contribution in [0.3, 0.4) is 0 Å². The Kier molecular flexibility index (Phi) is 6.48. The molecule has 2 aromatic rings. The van der Waals surface area contributed by atoms with Gasteiger partial charge in [0.15, 0.2) is 10.9 Å². The van der Waals surface area contributed by atoms with Gasteiger partial charge in [-0.3, -0.25) is 14.2 Å². The molecule has 1 heterocycles. The monoisotopic (exact) mass is 356 g/mol. The summed E-state index contributed by atoms with van der Waals surface area (Å²) in [5, 5.41) is 17.6. The second kappa shape index (κ2) is 8.58. The normalized spacial score (nSPS) is 11.9. The molecule has 0 aliphatic carbocycles. The van der Waals surface area contributed by atoms with Crippen LogP contribution in [0.5, 0.6) is 0 Å². The van der Waals surface area contributed by atoms with Gasteiger partial charge in [0.2, 0.25) is 0 Å². The molecular formula is C18H20N4O2S. The van der Waals surface area contributed by atoms with Crippen molar-refractivity contribution in [2.45, 2.75) is 38.4 Å². The molecular weight excluding hydrogens is 336 g/mol. The number of nitriles is 1. The van der Waals surface area contributed by atoms with Gasteiger partial charge < -0.3 is 5.41 Å². The van der Waals surface area contributed by atoms with E-state index < -0.39 is 5.92 Å². The Bertz CT molecular complexity index is 898. The molecule has 0 saturated carbocycles. The van der Waals surface area contributed by atoms with Gasteiger partial charge in [-0.25, -0.2) is 4.98 Å². The predicted octanol–water partition coefficient (Wildman–Crippen LogP) is 3.04. The van der Waals surface area contributed by atoms with Crippen molar-refractivity contribution in [2.75, 3.05) is 5.75 Å². The summed E-state index contributed by atoms with van der Waals surface area (Å²) in [6.45, 7) is 4.02. The molecule has 25 heavy (non-hydrogen) atoms. The van der Waals surface area contributed by atoms with Gasteiger partial charge in [0.25, 0.3) is 5.56 Å². The first-order chi connectivity index (χ1) is 12.0. The molecule has 1 N–H and O–H groups in total. The summed E-state index contributed by atoms with van der Waals surface area (Å²) in [5.41, 5.74) is 0.507. The van der Waals surface area contributed by atoms with Gasteiger partial charge in [0, 0.05) is 12.3 Å². The minimum atomic E-state index is -1.04. The van der Waals surface area contributed by atoms with E-state index in [1.54, 1.807) is 22.8 Å². The summed E-state index contributed by atoms with van der Waals surface area (Å²) in [6.07, 6.45) is 1.77. The van der Waals surface area contributed by atoms with Crippen LogP contribution in [0.25, 0.3) is 10.9 Å². The fourth-order valence-corrected chi connectivity index (χ4v) is 3.33. The van der Waals surface area contributed by atoms with E-state index in [-0.39, 0.29) is 22.8 Å². The van der Waals surface area contributed by atoms with Crippen LogP contribution in [0.1, 0.15) is 26.7 Å². The number of thioether (sulfide) groups is 1. The number of hydrogen-bond donors (Lipinski definition) is 1. The number of carbonyl (C=O) groups is 1. The number of ketones is 1. The van der Waals surface area contributed by atoms with Gasteiger partial charge in [-0.05, 0) is 25.5 Å². The quantitative estimate of drug-likeness (QED) is 0.445.